The number of ether oxygens (including phenoxy) is 2. The van der Waals surface area contributed by atoms with Gasteiger partial charge in [0.25, 0.3) is 0 Å². The van der Waals surface area contributed by atoms with Crippen LogP contribution in [0.15, 0.2) is 0 Å². The van der Waals surface area contributed by atoms with E-state index in [0.29, 0.717) is 12.8 Å². The van der Waals surface area contributed by atoms with E-state index in [0.717, 1.165) is 0 Å². The molecule has 0 radical (unpaired) electrons. The van der Waals surface area contributed by atoms with Gasteiger partial charge in [0.2, 0.25) is 0 Å². The summed E-state index contributed by atoms with van der Waals surface area (Å²) in [5.41, 5.74) is 0. The molecule has 0 aromatic carbocycles. The van der Waals surface area contributed by atoms with Gasteiger partial charge in [-0.2, -0.15) is 26.0 Å². The Labute approximate surface area is 138 Å². The zero-order chi connectivity index (χ0) is 19.0. The maximum atomic E-state index is 13.1. The third kappa shape index (κ3) is 6.89. The fourth-order valence-corrected chi connectivity index (χ4v) is 1.95. The maximum absolute atomic E-state index is 13.1. The Kier molecular flexibility index (Phi) is 9.15. The molecule has 0 heterocycles. The molecule has 0 aliphatic carbocycles. The molecule has 0 aliphatic heterocycles. The molecule has 0 aromatic rings. The van der Waals surface area contributed by atoms with Gasteiger partial charge < -0.3 is 9.47 Å². The van der Waals surface area contributed by atoms with Crippen molar-refractivity contribution in [2.75, 3.05) is 19.8 Å². The fourth-order valence-electron chi connectivity index (χ4n) is 1.48. The number of rotatable bonds is 12. The maximum Gasteiger partial charge on any atom is 0.431 e. The monoisotopic (exact) mass is 382 g/mol. The number of carbonyl (C=O) groups excluding carboxylic acids is 1. The lowest BCUT2D eigenvalue weighted by Gasteiger charge is -2.23. The van der Waals surface area contributed by atoms with Crippen molar-refractivity contribution in [2.24, 2.45) is 5.92 Å². The minimum absolute atomic E-state index is 0.0635. The summed E-state index contributed by atoms with van der Waals surface area (Å²) in [6, 6.07) is 0. The molecule has 0 amide bonds. The molecular formula is C13H22F4O6S. The summed E-state index contributed by atoms with van der Waals surface area (Å²) in [6.45, 7) is 3.38. The molecule has 1 unspecified atom stereocenters. The first-order chi connectivity index (χ1) is 10.9. The summed E-state index contributed by atoms with van der Waals surface area (Å²) in [6.07, 6.45) is -1.06. The normalized spacial score (nSPS) is 14.5. The summed E-state index contributed by atoms with van der Waals surface area (Å²) in [4.78, 5) is 11.3. The van der Waals surface area contributed by atoms with Crippen LogP contribution in [0.25, 0.3) is 0 Å². The molecule has 1 N–H and O–H groups in total. The third-order valence-corrected chi connectivity index (χ3v) is 4.17. The highest BCUT2D eigenvalue weighted by atomic mass is 32.2. The van der Waals surface area contributed by atoms with E-state index in [-0.39, 0.29) is 31.7 Å². The Balaban J connectivity index is 3.94. The molecule has 1 atom stereocenters. The Morgan fingerprint density at radius 1 is 1.12 bits per heavy atom. The van der Waals surface area contributed by atoms with Crippen molar-refractivity contribution in [3.63, 3.8) is 0 Å². The largest absolute Gasteiger partial charge is 0.465 e. The molecule has 0 aliphatic rings. The van der Waals surface area contributed by atoms with Crippen LogP contribution in [-0.4, -0.2) is 49.9 Å². The first-order valence-electron chi connectivity index (χ1n) is 7.34. The number of esters is 1. The van der Waals surface area contributed by atoms with Gasteiger partial charge in [0.05, 0.1) is 12.5 Å². The predicted molar refractivity (Wildman–Crippen MR) is 76.5 cm³/mol. The second kappa shape index (κ2) is 9.52. The van der Waals surface area contributed by atoms with Gasteiger partial charge in [0.1, 0.15) is 0 Å². The van der Waals surface area contributed by atoms with Crippen molar-refractivity contribution in [2.45, 2.75) is 50.7 Å². The average molecular weight is 382 g/mol. The van der Waals surface area contributed by atoms with Crippen molar-refractivity contribution >= 4 is 16.1 Å². The zero-order valence-corrected chi connectivity index (χ0v) is 14.3. The van der Waals surface area contributed by atoms with Crippen LogP contribution < -0.4 is 0 Å². The van der Waals surface area contributed by atoms with Crippen LogP contribution >= 0.6 is 0 Å². The number of halogens is 4. The molecule has 144 valence electrons. The lowest BCUT2D eigenvalue weighted by molar-refractivity contribution is -0.166. The van der Waals surface area contributed by atoms with Crippen molar-refractivity contribution in [3.05, 3.63) is 0 Å². The molecule has 0 aromatic heterocycles. The van der Waals surface area contributed by atoms with Gasteiger partial charge in [0.15, 0.2) is 0 Å². The standard InChI is InChI=1S/C13H22F4O6S/c1-3-10(2)11(18)23-9-5-8-22-7-4-6-12(14,15)13(16,17)24(19,20)21/h10H,3-9H2,1-2H3,(H,19,20,21). The first kappa shape index (κ1) is 23.1. The van der Waals surface area contributed by atoms with E-state index in [4.69, 9.17) is 14.0 Å². The minimum atomic E-state index is -6.20. The van der Waals surface area contributed by atoms with E-state index in [2.05, 4.69) is 0 Å². The summed E-state index contributed by atoms with van der Waals surface area (Å²) >= 11 is 0. The fraction of sp³-hybridized carbons (Fsp3) is 0.923. The molecule has 24 heavy (non-hydrogen) atoms. The number of hydrogen-bond acceptors (Lipinski definition) is 5. The molecule has 0 saturated heterocycles. The number of alkyl halides is 4. The van der Waals surface area contributed by atoms with Gasteiger partial charge in [-0.1, -0.05) is 13.8 Å². The molecule has 0 saturated carbocycles. The molecular weight excluding hydrogens is 360 g/mol. The molecule has 6 nitrogen and oxygen atoms in total. The minimum Gasteiger partial charge on any atom is -0.465 e. The second-order valence-corrected chi connectivity index (χ2v) is 6.71. The highest BCUT2D eigenvalue weighted by Gasteiger charge is 2.64. The van der Waals surface area contributed by atoms with E-state index >= 15 is 0 Å². The highest BCUT2D eigenvalue weighted by Crippen LogP contribution is 2.41. The smallest absolute Gasteiger partial charge is 0.431 e. The van der Waals surface area contributed by atoms with Crippen molar-refractivity contribution in [1.82, 2.24) is 0 Å². The van der Waals surface area contributed by atoms with Gasteiger partial charge in [-0.25, -0.2) is 0 Å². The van der Waals surface area contributed by atoms with E-state index < -0.39 is 34.1 Å². The van der Waals surface area contributed by atoms with E-state index in [9.17, 15) is 30.8 Å². The van der Waals surface area contributed by atoms with Gasteiger partial charge in [-0.3, -0.25) is 9.35 Å². The Morgan fingerprint density at radius 3 is 2.17 bits per heavy atom. The van der Waals surface area contributed by atoms with Crippen LogP contribution in [0, 0.1) is 5.92 Å². The Bertz CT molecular complexity index is 495. The van der Waals surface area contributed by atoms with Crippen molar-refractivity contribution < 1.29 is 44.8 Å². The lowest BCUT2D eigenvalue weighted by atomic mass is 10.1. The highest BCUT2D eigenvalue weighted by molar-refractivity contribution is 7.87. The molecule has 0 bridgehead atoms. The van der Waals surface area contributed by atoms with E-state index in [1.807, 2.05) is 6.92 Å². The van der Waals surface area contributed by atoms with Gasteiger partial charge in [0, 0.05) is 26.1 Å². The quantitative estimate of drug-likeness (QED) is 0.242. The Hall–Kier alpha value is -0.940. The molecule has 0 rings (SSSR count). The lowest BCUT2D eigenvalue weighted by Crippen LogP contribution is -2.46. The van der Waals surface area contributed by atoms with Crippen LogP contribution in [0.3, 0.4) is 0 Å². The summed E-state index contributed by atoms with van der Waals surface area (Å²) in [5, 5.41) is -5.55. The molecule has 0 fully saturated rings. The van der Waals surface area contributed by atoms with Crippen LogP contribution in [0.2, 0.25) is 0 Å². The van der Waals surface area contributed by atoms with Gasteiger partial charge in [-0.05, 0) is 12.8 Å². The number of hydrogen-bond donors (Lipinski definition) is 1. The third-order valence-electron chi connectivity index (χ3n) is 3.22. The summed E-state index contributed by atoms with van der Waals surface area (Å²) in [7, 11) is -6.20. The van der Waals surface area contributed by atoms with Crippen LogP contribution in [0.5, 0.6) is 0 Å². The topological polar surface area (TPSA) is 89.9 Å². The average Bonchev–Trinajstić information content (AvgIpc) is 2.47. The molecule has 11 heteroatoms. The SMILES string of the molecule is CCC(C)C(=O)OCCCOCCCC(F)(F)C(F)(F)S(=O)(=O)O. The van der Waals surface area contributed by atoms with Gasteiger partial charge in [-0.15, -0.1) is 0 Å². The van der Waals surface area contributed by atoms with E-state index in [1.54, 1.807) is 6.92 Å². The van der Waals surface area contributed by atoms with Crippen LogP contribution in [0.4, 0.5) is 17.6 Å². The van der Waals surface area contributed by atoms with Crippen molar-refractivity contribution in [3.8, 4) is 0 Å². The van der Waals surface area contributed by atoms with Crippen molar-refractivity contribution in [1.29, 1.82) is 0 Å². The zero-order valence-electron chi connectivity index (χ0n) is 13.4. The van der Waals surface area contributed by atoms with Crippen LogP contribution in [0.1, 0.15) is 39.5 Å². The predicted octanol–water partition coefficient (Wildman–Crippen LogP) is 2.88. The number of carbonyl (C=O) groups is 1. The van der Waals surface area contributed by atoms with Crippen LogP contribution in [-0.2, 0) is 24.4 Å². The second-order valence-electron chi connectivity index (χ2n) is 5.24. The summed E-state index contributed by atoms with van der Waals surface area (Å²) < 4.78 is 90.5. The van der Waals surface area contributed by atoms with Gasteiger partial charge >= 0.3 is 27.3 Å². The molecule has 0 spiro atoms. The first-order valence-corrected chi connectivity index (χ1v) is 8.78. The van der Waals surface area contributed by atoms with E-state index in [1.165, 1.54) is 0 Å². The Morgan fingerprint density at radius 2 is 1.67 bits per heavy atom. The summed E-state index contributed by atoms with van der Waals surface area (Å²) in [5.74, 6) is -5.49.